The summed E-state index contributed by atoms with van der Waals surface area (Å²) in [4.78, 5) is 22.4. The van der Waals surface area contributed by atoms with Gasteiger partial charge in [0.05, 0.1) is 23.4 Å². The fraction of sp³-hybridized carbons (Fsp3) is 0.500. The largest absolute Gasteiger partial charge is 0.379 e. The highest BCUT2D eigenvalue weighted by Crippen LogP contribution is 2.30. The van der Waals surface area contributed by atoms with E-state index < -0.39 is 0 Å². The summed E-state index contributed by atoms with van der Waals surface area (Å²) in [5, 5.41) is 9.15. The van der Waals surface area contributed by atoms with Gasteiger partial charge in [0.1, 0.15) is 5.82 Å². The maximum absolute atomic E-state index is 13.5. The Morgan fingerprint density at radius 3 is 2.97 bits per heavy atom. The lowest BCUT2D eigenvalue weighted by molar-refractivity contribution is 0.0390. The SMILES string of the molecule is Cc1ccc2nc(N(CCN3CCOCC3)C(=O)c3nnc4n3CCC4)sc2c1. The van der Waals surface area contributed by atoms with Crippen LogP contribution in [0.4, 0.5) is 5.13 Å². The van der Waals surface area contributed by atoms with E-state index in [9.17, 15) is 4.79 Å². The molecule has 1 aromatic carbocycles. The van der Waals surface area contributed by atoms with Crippen LogP contribution in [0.1, 0.15) is 28.4 Å². The Labute approximate surface area is 173 Å². The standard InChI is InChI=1S/C20H24N6O2S/c1-14-4-5-15-16(13-14)29-20(21-15)26(8-7-24-9-11-28-12-10-24)19(27)18-23-22-17-3-2-6-25(17)18/h4-5,13H,2-3,6-12H2,1H3. The minimum absolute atomic E-state index is 0.116. The first-order valence-electron chi connectivity index (χ1n) is 10.1. The molecule has 29 heavy (non-hydrogen) atoms. The van der Waals surface area contributed by atoms with Gasteiger partial charge in [0, 0.05) is 39.1 Å². The molecule has 0 unspecified atom stereocenters. The minimum Gasteiger partial charge on any atom is -0.379 e. The van der Waals surface area contributed by atoms with Crippen LogP contribution in [-0.4, -0.2) is 69.9 Å². The van der Waals surface area contributed by atoms with Gasteiger partial charge in [0.25, 0.3) is 5.91 Å². The number of morpholine rings is 1. The number of ether oxygens (including phenoxy) is 1. The summed E-state index contributed by atoms with van der Waals surface area (Å²) in [6.07, 6.45) is 1.90. The molecule has 0 saturated carbocycles. The van der Waals surface area contributed by atoms with Crippen molar-refractivity contribution in [1.82, 2.24) is 24.6 Å². The molecule has 152 valence electrons. The molecule has 1 amide bonds. The third kappa shape index (κ3) is 3.65. The normalized spacial score (nSPS) is 17.0. The molecule has 1 saturated heterocycles. The van der Waals surface area contributed by atoms with Crippen LogP contribution in [0, 0.1) is 6.92 Å². The summed E-state index contributed by atoms with van der Waals surface area (Å²) in [5.74, 6) is 1.21. The van der Waals surface area contributed by atoms with Crippen LogP contribution in [0.2, 0.25) is 0 Å². The van der Waals surface area contributed by atoms with Crippen molar-refractivity contribution in [3.63, 3.8) is 0 Å². The van der Waals surface area contributed by atoms with Crippen LogP contribution in [0.25, 0.3) is 10.2 Å². The first kappa shape index (κ1) is 18.7. The Hall–Kier alpha value is -2.36. The number of rotatable bonds is 5. The maximum Gasteiger partial charge on any atom is 0.298 e. The van der Waals surface area contributed by atoms with Crippen molar-refractivity contribution in [3.05, 3.63) is 35.4 Å². The number of carbonyl (C=O) groups excluding carboxylic acids is 1. The van der Waals surface area contributed by atoms with Gasteiger partial charge in [-0.2, -0.15) is 0 Å². The molecule has 8 nitrogen and oxygen atoms in total. The molecular weight excluding hydrogens is 388 g/mol. The van der Waals surface area contributed by atoms with Crippen LogP contribution < -0.4 is 4.90 Å². The zero-order chi connectivity index (χ0) is 19.8. The zero-order valence-electron chi connectivity index (χ0n) is 16.5. The van der Waals surface area contributed by atoms with Crippen molar-refractivity contribution in [2.24, 2.45) is 0 Å². The van der Waals surface area contributed by atoms with E-state index in [1.807, 2.05) is 10.6 Å². The first-order chi connectivity index (χ1) is 14.2. The molecule has 0 radical (unpaired) electrons. The van der Waals surface area contributed by atoms with Gasteiger partial charge in [0.15, 0.2) is 5.13 Å². The zero-order valence-corrected chi connectivity index (χ0v) is 17.3. The number of anilines is 1. The highest BCUT2D eigenvalue weighted by atomic mass is 32.1. The average molecular weight is 413 g/mol. The van der Waals surface area contributed by atoms with Gasteiger partial charge in [-0.25, -0.2) is 4.98 Å². The molecule has 0 atom stereocenters. The molecular formula is C20H24N6O2S. The van der Waals surface area contributed by atoms with Gasteiger partial charge >= 0.3 is 0 Å². The summed E-state index contributed by atoms with van der Waals surface area (Å²) in [6, 6.07) is 6.19. The number of hydrogen-bond acceptors (Lipinski definition) is 7. The summed E-state index contributed by atoms with van der Waals surface area (Å²) in [6.45, 7) is 7.49. The number of aromatic nitrogens is 4. The van der Waals surface area contributed by atoms with Crippen LogP contribution in [0.5, 0.6) is 0 Å². The fourth-order valence-corrected chi connectivity index (χ4v) is 5.00. The molecule has 0 aliphatic carbocycles. The number of fused-ring (bicyclic) bond motifs is 2. The maximum atomic E-state index is 13.5. The molecule has 4 heterocycles. The van der Waals surface area contributed by atoms with Gasteiger partial charge in [0.2, 0.25) is 5.82 Å². The van der Waals surface area contributed by atoms with Gasteiger partial charge in [-0.3, -0.25) is 14.6 Å². The third-order valence-electron chi connectivity index (χ3n) is 5.55. The molecule has 5 rings (SSSR count). The number of benzene rings is 1. The summed E-state index contributed by atoms with van der Waals surface area (Å²) >= 11 is 1.56. The summed E-state index contributed by atoms with van der Waals surface area (Å²) in [7, 11) is 0. The monoisotopic (exact) mass is 412 g/mol. The number of amides is 1. The predicted molar refractivity (Wildman–Crippen MR) is 112 cm³/mol. The lowest BCUT2D eigenvalue weighted by Crippen LogP contribution is -2.43. The van der Waals surface area contributed by atoms with Gasteiger partial charge in [-0.1, -0.05) is 17.4 Å². The number of hydrogen-bond donors (Lipinski definition) is 0. The molecule has 2 aromatic heterocycles. The second-order valence-electron chi connectivity index (χ2n) is 7.57. The van der Waals surface area contributed by atoms with E-state index >= 15 is 0 Å². The predicted octanol–water partition coefficient (Wildman–Crippen LogP) is 2.12. The Morgan fingerprint density at radius 2 is 2.10 bits per heavy atom. The molecule has 1 fully saturated rings. The van der Waals surface area contributed by atoms with Gasteiger partial charge in [-0.15, -0.1) is 10.2 Å². The van der Waals surface area contributed by atoms with Crippen molar-refractivity contribution in [2.75, 3.05) is 44.3 Å². The molecule has 0 N–H and O–H groups in total. The molecule has 3 aromatic rings. The Kier molecular flexibility index (Phi) is 5.03. The van der Waals surface area contributed by atoms with Crippen LogP contribution in [0.15, 0.2) is 18.2 Å². The number of aryl methyl sites for hydroxylation is 2. The van der Waals surface area contributed by atoms with Crippen molar-refractivity contribution < 1.29 is 9.53 Å². The Bertz CT molecular complexity index is 1040. The second kappa shape index (κ2) is 7.81. The summed E-state index contributed by atoms with van der Waals surface area (Å²) < 4.78 is 8.50. The van der Waals surface area contributed by atoms with E-state index in [-0.39, 0.29) is 5.91 Å². The number of carbonyl (C=O) groups is 1. The van der Waals surface area contributed by atoms with Crippen molar-refractivity contribution in [2.45, 2.75) is 26.3 Å². The summed E-state index contributed by atoms with van der Waals surface area (Å²) in [5.41, 5.74) is 2.11. The van der Waals surface area contributed by atoms with Gasteiger partial charge in [-0.05, 0) is 31.0 Å². The van der Waals surface area contributed by atoms with Crippen molar-refractivity contribution >= 4 is 32.6 Å². The topological polar surface area (TPSA) is 76.4 Å². The van der Waals surface area contributed by atoms with E-state index in [0.29, 0.717) is 12.4 Å². The van der Waals surface area contributed by atoms with Crippen LogP contribution in [-0.2, 0) is 17.7 Å². The lowest BCUT2D eigenvalue weighted by Gasteiger charge is -2.29. The third-order valence-corrected chi connectivity index (χ3v) is 6.59. The Balaban J connectivity index is 1.46. The molecule has 0 spiro atoms. The Morgan fingerprint density at radius 1 is 1.24 bits per heavy atom. The fourth-order valence-electron chi connectivity index (χ4n) is 3.91. The second-order valence-corrected chi connectivity index (χ2v) is 8.58. The lowest BCUT2D eigenvalue weighted by atomic mass is 10.2. The van der Waals surface area contributed by atoms with E-state index in [4.69, 9.17) is 9.72 Å². The smallest absolute Gasteiger partial charge is 0.298 e. The van der Waals surface area contributed by atoms with E-state index in [1.165, 1.54) is 5.56 Å². The molecule has 2 aliphatic heterocycles. The van der Waals surface area contributed by atoms with E-state index in [1.54, 1.807) is 16.2 Å². The highest BCUT2D eigenvalue weighted by Gasteiger charge is 2.29. The van der Waals surface area contributed by atoms with Crippen LogP contribution in [0.3, 0.4) is 0 Å². The number of thiazole rings is 1. The average Bonchev–Trinajstić information content (AvgIpc) is 3.44. The molecule has 9 heteroatoms. The quantitative estimate of drug-likeness (QED) is 0.639. The van der Waals surface area contributed by atoms with Crippen molar-refractivity contribution in [3.8, 4) is 0 Å². The van der Waals surface area contributed by atoms with Crippen molar-refractivity contribution in [1.29, 1.82) is 0 Å². The first-order valence-corrected chi connectivity index (χ1v) is 10.9. The molecule has 0 bridgehead atoms. The number of nitrogens with zero attached hydrogens (tertiary/aromatic N) is 6. The van der Waals surface area contributed by atoms with E-state index in [2.05, 4.69) is 34.2 Å². The van der Waals surface area contributed by atoms with Crippen LogP contribution >= 0.6 is 11.3 Å². The van der Waals surface area contributed by atoms with Gasteiger partial charge < -0.3 is 9.30 Å². The minimum atomic E-state index is -0.116. The molecule has 2 aliphatic rings. The van der Waals surface area contributed by atoms with E-state index in [0.717, 1.165) is 73.4 Å². The highest BCUT2D eigenvalue weighted by molar-refractivity contribution is 7.22.